The van der Waals surface area contributed by atoms with E-state index >= 15 is 0 Å². The first-order valence-electron chi connectivity index (χ1n) is 5.53. The molecule has 2 heterocycles. The van der Waals surface area contributed by atoms with Crippen molar-refractivity contribution in [2.24, 2.45) is 12.8 Å². The number of nitrogens with zero attached hydrogens (tertiary/aromatic N) is 2. The first kappa shape index (κ1) is 10.9. The third-order valence-electron chi connectivity index (χ3n) is 3.06. The molecule has 2 N–H and O–H groups in total. The van der Waals surface area contributed by atoms with E-state index in [4.69, 9.17) is 5.73 Å². The fourth-order valence-corrected chi connectivity index (χ4v) is 2.22. The summed E-state index contributed by atoms with van der Waals surface area (Å²) in [5.41, 5.74) is 5.02. The Kier molecular flexibility index (Phi) is 2.77. The first-order chi connectivity index (χ1) is 7.61. The van der Waals surface area contributed by atoms with Gasteiger partial charge in [0.1, 0.15) is 6.20 Å². The number of fused-ring (bicyclic) bond motifs is 1. The summed E-state index contributed by atoms with van der Waals surface area (Å²) >= 11 is 0. The molecule has 5 nitrogen and oxygen atoms in total. The van der Waals surface area contributed by atoms with Crippen LogP contribution in [0.2, 0.25) is 0 Å². The smallest absolute Gasteiger partial charge is 0.350 e. The van der Waals surface area contributed by atoms with Crippen LogP contribution >= 0.6 is 0 Å². The van der Waals surface area contributed by atoms with Crippen LogP contribution in [0, 0.1) is 0 Å². The highest BCUT2D eigenvalue weighted by Gasteiger charge is 2.23. The van der Waals surface area contributed by atoms with Crippen molar-refractivity contribution < 1.29 is 9.36 Å². The van der Waals surface area contributed by atoms with E-state index in [0.717, 1.165) is 31.5 Å². The quantitative estimate of drug-likeness (QED) is 0.651. The Balaban J connectivity index is 2.66. The van der Waals surface area contributed by atoms with Crippen molar-refractivity contribution in [3.05, 3.63) is 27.9 Å². The Labute approximate surface area is 93.5 Å². The number of hydrogen-bond acceptors (Lipinski definition) is 2. The Morgan fingerprint density at radius 3 is 2.88 bits per heavy atom. The summed E-state index contributed by atoms with van der Waals surface area (Å²) in [4.78, 5) is 23.2. The minimum Gasteiger partial charge on any atom is -0.365 e. The standard InChI is InChI=1S/C11H15N3O2/c1-13-7-8(10(12)15)11(16)14-6-4-2-3-5-9(13)14/h7H,2-6H2,1H3,(H-,12,15)/p+1. The molecule has 0 radical (unpaired) electrons. The van der Waals surface area contributed by atoms with E-state index < -0.39 is 5.91 Å². The topological polar surface area (TPSA) is 69.0 Å². The molecular weight excluding hydrogens is 206 g/mol. The number of rotatable bonds is 1. The molecule has 1 amide bonds. The van der Waals surface area contributed by atoms with Crippen LogP contribution in [-0.2, 0) is 20.0 Å². The second-order valence-corrected chi connectivity index (χ2v) is 4.20. The maximum atomic E-state index is 12.0. The summed E-state index contributed by atoms with van der Waals surface area (Å²) in [5, 5.41) is 0. The molecule has 0 aromatic carbocycles. The summed E-state index contributed by atoms with van der Waals surface area (Å²) in [6.45, 7) is 0.684. The number of hydrogen-bond donors (Lipinski definition) is 1. The summed E-state index contributed by atoms with van der Waals surface area (Å²) in [6.07, 6.45) is 5.61. The first-order valence-corrected chi connectivity index (χ1v) is 5.53. The minimum atomic E-state index is -0.653. The Morgan fingerprint density at radius 2 is 2.19 bits per heavy atom. The zero-order valence-corrected chi connectivity index (χ0v) is 9.40. The van der Waals surface area contributed by atoms with Crippen molar-refractivity contribution in [3.8, 4) is 0 Å². The molecule has 0 fully saturated rings. The highest BCUT2D eigenvalue weighted by atomic mass is 16.2. The lowest BCUT2D eigenvalue weighted by molar-refractivity contribution is -0.684. The van der Waals surface area contributed by atoms with Gasteiger partial charge in [-0.3, -0.25) is 4.79 Å². The summed E-state index contributed by atoms with van der Waals surface area (Å²) in [7, 11) is 1.85. The van der Waals surface area contributed by atoms with E-state index in [0.29, 0.717) is 6.54 Å². The molecule has 5 heteroatoms. The maximum absolute atomic E-state index is 12.0. The van der Waals surface area contributed by atoms with Crippen LogP contribution in [0.25, 0.3) is 0 Å². The largest absolute Gasteiger partial charge is 0.365 e. The van der Waals surface area contributed by atoms with E-state index in [1.165, 1.54) is 0 Å². The van der Waals surface area contributed by atoms with Crippen LogP contribution in [0.3, 0.4) is 0 Å². The van der Waals surface area contributed by atoms with Crippen LogP contribution in [0.4, 0.5) is 0 Å². The Morgan fingerprint density at radius 1 is 1.44 bits per heavy atom. The maximum Gasteiger partial charge on any atom is 0.350 e. The van der Waals surface area contributed by atoms with Crippen molar-refractivity contribution in [1.29, 1.82) is 0 Å². The number of aromatic nitrogens is 2. The second-order valence-electron chi connectivity index (χ2n) is 4.20. The molecule has 0 atom stereocenters. The van der Waals surface area contributed by atoms with Gasteiger partial charge >= 0.3 is 5.56 Å². The average molecular weight is 222 g/mol. The molecule has 1 aromatic rings. The van der Waals surface area contributed by atoms with Gasteiger partial charge in [0.15, 0.2) is 5.56 Å². The minimum absolute atomic E-state index is 0.0770. The second kappa shape index (κ2) is 4.08. The molecule has 1 aliphatic heterocycles. The summed E-state index contributed by atoms with van der Waals surface area (Å²) < 4.78 is 3.53. The number of primary amides is 1. The molecule has 0 spiro atoms. The number of amides is 1. The van der Waals surface area contributed by atoms with Crippen LogP contribution < -0.4 is 15.9 Å². The van der Waals surface area contributed by atoms with Crippen molar-refractivity contribution in [2.75, 3.05) is 0 Å². The predicted molar refractivity (Wildman–Crippen MR) is 58.0 cm³/mol. The molecule has 16 heavy (non-hydrogen) atoms. The molecule has 86 valence electrons. The zero-order valence-electron chi connectivity index (χ0n) is 9.40. The van der Waals surface area contributed by atoms with Crippen molar-refractivity contribution in [3.63, 3.8) is 0 Å². The molecule has 0 unspecified atom stereocenters. The molecule has 2 rings (SSSR count). The molecule has 0 bridgehead atoms. The van der Waals surface area contributed by atoms with Gasteiger partial charge in [-0.2, -0.15) is 4.57 Å². The predicted octanol–water partition coefficient (Wildman–Crippen LogP) is -0.502. The van der Waals surface area contributed by atoms with Crippen molar-refractivity contribution in [1.82, 2.24) is 4.57 Å². The molecule has 0 aliphatic carbocycles. The SMILES string of the molecule is C[n+]1cc(C(N)=O)c(=O)n2c1CCCCC2. The number of aryl methyl sites for hydroxylation is 1. The number of carbonyl (C=O) groups excluding carboxylic acids is 1. The van der Waals surface area contributed by atoms with Gasteiger partial charge in [-0.25, -0.2) is 9.36 Å². The Bertz CT molecular complexity index is 491. The van der Waals surface area contributed by atoms with Gasteiger partial charge in [-0.05, 0) is 19.3 Å². The third-order valence-corrected chi connectivity index (χ3v) is 3.06. The summed E-state index contributed by atoms with van der Waals surface area (Å²) in [5.74, 6) is 0.327. The average Bonchev–Trinajstić information content (AvgIpc) is 2.48. The van der Waals surface area contributed by atoms with Crippen molar-refractivity contribution in [2.45, 2.75) is 32.2 Å². The van der Waals surface area contributed by atoms with Gasteiger partial charge in [0, 0.05) is 6.42 Å². The lowest BCUT2D eigenvalue weighted by Crippen LogP contribution is -2.45. The Hall–Kier alpha value is -1.65. The summed E-state index contributed by atoms with van der Waals surface area (Å²) in [6, 6.07) is 0. The fraction of sp³-hybridized carbons (Fsp3) is 0.545. The van der Waals surface area contributed by atoms with Crippen LogP contribution in [-0.4, -0.2) is 10.5 Å². The van der Waals surface area contributed by atoms with E-state index in [9.17, 15) is 9.59 Å². The van der Waals surface area contributed by atoms with Crippen LogP contribution in [0.15, 0.2) is 11.0 Å². The van der Waals surface area contributed by atoms with Crippen molar-refractivity contribution >= 4 is 5.91 Å². The monoisotopic (exact) mass is 222 g/mol. The highest BCUT2D eigenvalue weighted by Crippen LogP contribution is 2.09. The normalized spacial score (nSPS) is 15.3. The van der Waals surface area contributed by atoms with E-state index in [2.05, 4.69) is 0 Å². The highest BCUT2D eigenvalue weighted by molar-refractivity contribution is 5.91. The van der Waals surface area contributed by atoms with Crippen LogP contribution in [0.5, 0.6) is 0 Å². The lowest BCUT2D eigenvalue weighted by atomic mass is 10.2. The molecule has 1 aromatic heterocycles. The van der Waals surface area contributed by atoms with E-state index in [1.54, 1.807) is 10.8 Å². The van der Waals surface area contributed by atoms with Gasteiger partial charge in [0.25, 0.3) is 11.7 Å². The van der Waals surface area contributed by atoms with Gasteiger partial charge < -0.3 is 5.73 Å². The van der Waals surface area contributed by atoms with Crippen LogP contribution in [0.1, 0.15) is 35.4 Å². The molecule has 0 saturated carbocycles. The van der Waals surface area contributed by atoms with Gasteiger partial charge in [-0.15, -0.1) is 0 Å². The fourth-order valence-electron chi connectivity index (χ4n) is 2.22. The lowest BCUT2D eigenvalue weighted by Gasteiger charge is -2.06. The number of nitrogens with two attached hydrogens (primary N) is 1. The van der Waals surface area contributed by atoms with Gasteiger partial charge in [-0.1, -0.05) is 0 Å². The van der Waals surface area contributed by atoms with Gasteiger partial charge in [0.05, 0.1) is 13.6 Å². The molecule has 1 aliphatic rings. The van der Waals surface area contributed by atoms with E-state index in [-0.39, 0.29) is 11.1 Å². The third kappa shape index (κ3) is 1.73. The zero-order chi connectivity index (χ0) is 11.7. The van der Waals surface area contributed by atoms with E-state index in [1.807, 2.05) is 11.6 Å². The molecule has 0 saturated heterocycles. The number of carbonyl (C=O) groups is 1. The van der Waals surface area contributed by atoms with Gasteiger partial charge in [0.2, 0.25) is 0 Å². The molecular formula is C11H16N3O2+.